The van der Waals surface area contributed by atoms with Gasteiger partial charge in [0.2, 0.25) is 0 Å². The van der Waals surface area contributed by atoms with E-state index in [9.17, 15) is 13.2 Å². The summed E-state index contributed by atoms with van der Waals surface area (Å²) in [4.78, 5) is 11.0. The van der Waals surface area contributed by atoms with Crippen LogP contribution in [0.4, 0.5) is 0 Å². The van der Waals surface area contributed by atoms with Crippen molar-refractivity contribution in [2.24, 2.45) is 5.92 Å². The van der Waals surface area contributed by atoms with Crippen LogP contribution in [0.1, 0.15) is 39.0 Å². The maximum atomic E-state index is 12.3. The van der Waals surface area contributed by atoms with Gasteiger partial charge in [0.05, 0.1) is 10.6 Å². The summed E-state index contributed by atoms with van der Waals surface area (Å²) in [6.07, 6.45) is 3.11. The van der Waals surface area contributed by atoms with E-state index in [0.29, 0.717) is 11.3 Å². The molecule has 0 saturated heterocycles. The Bertz CT molecular complexity index is 508. The molecular weight excluding hydrogens is 276 g/mol. The molecular formula is C15H22O4S. The third kappa shape index (κ3) is 5.74. The average Bonchev–Trinajstić information content (AvgIpc) is 2.42. The molecule has 0 radical (unpaired) electrons. The second-order valence-electron chi connectivity index (χ2n) is 5.04. The highest BCUT2D eigenvalue weighted by Crippen LogP contribution is 2.21. The van der Waals surface area contributed by atoms with Crippen LogP contribution < -0.4 is 0 Å². The van der Waals surface area contributed by atoms with Crippen LogP contribution in [-0.2, 0) is 14.6 Å². The number of benzene rings is 1. The lowest BCUT2D eigenvalue weighted by atomic mass is 9.99. The molecule has 1 aromatic carbocycles. The van der Waals surface area contributed by atoms with E-state index in [2.05, 4.69) is 0 Å². The molecule has 0 aliphatic heterocycles. The highest BCUT2D eigenvalue weighted by molar-refractivity contribution is 7.91. The molecule has 1 N–H and O–H groups in total. The monoisotopic (exact) mass is 298 g/mol. The van der Waals surface area contributed by atoms with Gasteiger partial charge in [0, 0.05) is 6.42 Å². The summed E-state index contributed by atoms with van der Waals surface area (Å²) in [6, 6.07) is 8.35. The minimum Gasteiger partial charge on any atom is -0.481 e. The number of sulfone groups is 1. The highest BCUT2D eigenvalue weighted by atomic mass is 32.2. The van der Waals surface area contributed by atoms with Crippen LogP contribution in [0.2, 0.25) is 0 Å². The Labute approximate surface area is 120 Å². The third-order valence-electron chi connectivity index (χ3n) is 3.29. The third-order valence-corrected chi connectivity index (χ3v) is 5.19. The average molecular weight is 298 g/mol. The zero-order chi connectivity index (χ0) is 15.0. The molecule has 1 atom stereocenters. The summed E-state index contributed by atoms with van der Waals surface area (Å²) in [5, 5.41) is 8.75. The van der Waals surface area contributed by atoms with Crippen molar-refractivity contribution < 1.29 is 18.3 Å². The second kappa shape index (κ2) is 8.04. The van der Waals surface area contributed by atoms with Crippen molar-refractivity contribution in [2.75, 3.05) is 5.75 Å². The fourth-order valence-corrected chi connectivity index (χ4v) is 3.88. The summed E-state index contributed by atoms with van der Waals surface area (Å²) in [5.41, 5.74) is 0. The van der Waals surface area contributed by atoms with Crippen LogP contribution in [0.3, 0.4) is 0 Å². The van der Waals surface area contributed by atoms with Crippen LogP contribution in [0, 0.1) is 5.92 Å². The lowest BCUT2D eigenvalue weighted by Crippen LogP contribution is -2.17. The van der Waals surface area contributed by atoms with Crippen molar-refractivity contribution in [1.29, 1.82) is 0 Å². The summed E-state index contributed by atoms with van der Waals surface area (Å²) in [5.74, 6) is -0.926. The molecule has 0 spiro atoms. The van der Waals surface area contributed by atoms with Crippen LogP contribution in [0.15, 0.2) is 35.2 Å². The van der Waals surface area contributed by atoms with Crippen LogP contribution in [-0.4, -0.2) is 25.2 Å². The Morgan fingerprint density at radius 1 is 1.20 bits per heavy atom. The van der Waals surface area contributed by atoms with Crippen molar-refractivity contribution in [3.05, 3.63) is 30.3 Å². The molecule has 0 aliphatic carbocycles. The molecule has 0 aromatic heterocycles. The number of carboxylic acids is 1. The zero-order valence-electron chi connectivity index (χ0n) is 11.8. The normalized spacial score (nSPS) is 13.1. The Hall–Kier alpha value is -1.36. The van der Waals surface area contributed by atoms with Gasteiger partial charge < -0.3 is 5.11 Å². The molecule has 20 heavy (non-hydrogen) atoms. The smallest absolute Gasteiger partial charge is 0.303 e. The van der Waals surface area contributed by atoms with E-state index >= 15 is 0 Å². The Morgan fingerprint density at radius 3 is 2.40 bits per heavy atom. The van der Waals surface area contributed by atoms with Gasteiger partial charge in [-0.25, -0.2) is 8.42 Å². The van der Waals surface area contributed by atoms with Crippen LogP contribution in [0.5, 0.6) is 0 Å². The summed E-state index contributed by atoms with van der Waals surface area (Å²) in [7, 11) is -3.33. The molecule has 0 amide bonds. The highest BCUT2D eigenvalue weighted by Gasteiger charge is 2.21. The van der Waals surface area contributed by atoms with Gasteiger partial charge in [-0.1, -0.05) is 38.0 Å². The van der Waals surface area contributed by atoms with Crippen molar-refractivity contribution in [3.8, 4) is 0 Å². The molecule has 1 rings (SSSR count). The summed E-state index contributed by atoms with van der Waals surface area (Å²) in [6.45, 7) is 2.04. The first-order valence-corrected chi connectivity index (χ1v) is 8.60. The molecule has 0 saturated carbocycles. The van der Waals surface area contributed by atoms with Gasteiger partial charge in [0.15, 0.2) is 9.84 Å². The number of aliphatic carboxylic acids is 1. The predicted molar refractivity (Wildman–Crippen MR) is 78.4 cm³/mol. The topological polar surface area (TPSA) is 71.4 Å². The maximum Gasteiger partial charge on any atom is 0.303 e. The Morgan fingerprint density at radius 2 is 1.85 bits per heavy atom. The number of carboxylic acid groups (broad SMARTS) is 1. The van der Waals surface area contributed by atoms with E-state index in [1.165, 1.54) is 0 Å². The Kier molecular flexibility index (Phi) is 6.71. The fraction of sp³-hybridized carbons (Fsp3) is 0.533. The van der Waals surface area contributed by atoms with Crippen molar-refractivity contribution in [2.45, 2.75) is 43.9 Å². The van der Waals surface area contributed by atoms with Crippen LogP contribution in [0.25, 0.3) is 0 Å². The van der Waals surface area contributed by atoms with E-state index < -0.39 is 15.8 Å². The minimum atomic E-state index is -3.33. The van der Waals surface area contributed by atoms with Crippen molar-refractivity contribution in [1.82, 2.24) is 0 Å². The number of hydrogen-bond donors (Lipinski definition) is 1. The first-order valence-electron chi connectivity index (χ1n) is 6.95. The van der Waals surface area contributed by atoms with Gasteiger partial charge in [0.25, 0.3) is 0 Å². The van der Waals surface area contributed by atoms with Crippen molar-refractivity contribution >= 4 is 15.8 Å². The predicted octanol–water partition coefficient (Wildman–Crippen LogP) is 3.13. The lowest BCUT2D eigenvalue weighted by Gasteiger charge is -2.16. The van der Waals surface area contributed by atoms with E-state index in [0.717, 1.165) is 19.3 Å². The molecule has 0 heterocycles. The number of carbonyl (C=O) groups is 1. The zero-order valence-corrected chi connectivity index (χ0v) is 12.6. The number of rotatable bonds is 9. The Balaban J connectivity index is 2.74. The SMILES string of the molecule is CCCC[C@H](CCC(=O)O)CS(=O)(=O)c1ccccc1. The quantitative estimate of drug-likeness (QED) is 0.760. The molecule has 1 aromatic rings. The number of hydrogen-bond acceptors (Lipinski definition) is 3. The second-order valence-corrected chi connectivity index (χ2v) is 7.07. The first-order chi connectivity index (χ1) is 9.45. The summed E-state index contributed by atoms with van der Waals surface area (Å²) < 4.78 is 24.6. The molecule has 0 bridgehead atoms. The molecule has 0 fully saturated rings. The van der Waals surface area contributed by atoms with Gasteiger partial charge in [-0.2, -0.15) is 0 Å². The van der Waals surface area contributed by atoms with E-state index in [1.54, 1.807) is 30.3 Å². The van der Waals surface area contributed by atoms with Gasteiger partial charge in [-0.15, -0.1) is 0 Å². The lowest BCUT2D eigenvalue weighted by molar-refractivity contribution is -0.137. The van der Waals surface area contributed by atoms with E-state index in [4.69, 9.17) is 5.11 Å². The molecule has 4 nitrogen and oxygen atoms in total. The van der Waals surface area contributed by atoms with Gasteiger partial charge in [0.1, 0.15) is 0 Å². The van der Waals surface area contributed by atoms with Crippen LogP contribution >= 0.6 is 0 Å². The molecule has 5 heteroatoms. The molecule has 0 unspecified atom stereocenters. The fourth-order valence-electron chi connectivity index (χ4n) is 2.17. The summed E-state index contributed by atoms with van der Waals surface area (Å²) >= 11 is 0. The minimum absolute atomic E-state index is 0.0265. The largest absolute Gasteiger partial charge is 0.481 e. The first kappa shape index (κ1) is 16.7. The van der Waals surface area contributed by atoms with Gasteiger partial charge >= 0.3 is 5.97 Å². The van der Waals surface area contributed by atoms with E-state index in [1.807, 2.05) is 6.92 Å². The standard InChI is InChI=1S/C15H22O4S/c1-2-3-7-13(10-11-15(16)17)12-20(18,19)14-8-5-4-6-9-14/h4-6,8-9,13H,2-3,7,10-12H2,1H3,(H,16,17)/t13-/m1/s1. The molecule has 0 aliphatic rings. The molecule has 112 valence electrons. The maximum absolute atomic E-state index is 12.3. The van der Waals surface area contributed by atoms with E-state index in [-0.39, 0.29) is 18.1 Å². The van der Waals surface area contributed by atoms with Crippen molar-refractivity contribution in [3.63, 3.8) is 0 Å². The van der Waals surface area contributed by atoms with Gasteiger partial charge in [-0.3, -0.25) is 4.79 Å². The van der Waals surface area contributed by atoms with Gasteiger partial charge in [-0.05, 0) is 30.9 Å². The number of unbranched alkanes of at least 4 members (excludes halogenated alkanes) is 1.